The van der Waals surface area contributed by atoms with Crippen molar-refractivity contribution >= 4 is 17.1 Å². The number of hydrogen-bond acceptors (Lipinski definition) is 3. The zero-order valence-electron chi connectivity index (χ0n) is 27.8. The van der Waals surface area contributed by atoms with Gasteiger partial charge in [-0.25, -0.2) is 0 Å². The van der Waals surface area contributed by atoms with Gasteiger partial charge >= 0.3 is 0 Å². The van der Waals surface area contributed by atoms with Gasteiger partial charge in [-0.05, 0) is 113 Å². The van der Waals surface area contributed by atoms with Gasteiger partial charge in [-0.15, -0.1) is 0 Å². The van der Waals surface area contributed by atoms with Gasteiger partial charge in [0.1, 0.15) is 0 Å². The van der Waals surface area contributed by atoms with E-state index in [4.69, 9.17) is 4.98 Å². The van der Waals surface area contributed by atoms with Crippen LogP contribution < -0.4 is 10.2 Å². The highest BCUT2D eigenvalue weighted by atomic mass is 15.2. The zero-order chi connectivity index (χ0) is 32.6. The van der Waals surface area contributed by atoms with Gasteiger partial charge < -0.3 is 10.2 Å². The summed E-state index contributed by atoms with van der Waals surface area (Å²) >= 11 is 0. The van der Waals surface area contributed by atoms with E-state index in [1.54, 1.807) is 0 Å². The van der Waals surface area contributed by atoms with E-state index in [0.29, 0.717) is 0 Å². The fourth-order valence-electron chi connectivity index (χ4n) is 8.36. The average molecular weight is 620 g/mol. The summed E-state index contributed by atoms with van der Waals surface area (Å²) in [6.45, 7) is 9.13. The van der Waals surface area contributed by atoms with Gasteiger partial charge in [-0.3, -0.25) is 4.98 Å². The van der Waals surface area contributed by atoms with Gasteiger partial charge in [0, 0.05) is 34.0 Å². The number of fused-ring (bicyclic) bond motifs is 9. The Hall–Kier alpha value is -5.67. The third kappa shape index (κ3) is 4.17. The predicted molar refractivity (Wildman–Crippen MR) is 200 cm³/mol. The number of rotatable bonds is 3. The lowest BCUT2D eigenvalue weighted by Crippen LogP contribution is -2.20. The Bertz CT molecular complexity index is 2340. The van der Waals surface area contributed by atoms with Crippen LogP contribution >= 0.6 is 0 Å². The van der Waals surface area contributed by atoms with Crippen molar-refractivity contribution in [2.45, 2.75) is 39.2 Å². The van der Waals surface area contributed by atoms with Crippen molar-refractivity contribution in [2.24, 2.45) is 0 Å². The maximum Gasteiger partial charge on any atom is 0.0731 e. The van der Waals surface area contributed by atoms with Crippen molar-refractivity contribution in [2.75, 3.05) is 4.90 Å². The summed E-state index contributed by atoms with van der Waals surface area (Å²) in [6.07, 6.45) is 8.22. The summed E-state index contributed by atoms with van der Waals surface area (Å²) in [7, 11) is 0. The van der Waals surface area contributed by atoms with E-state index < -0.39 is 0 Å². The van der Waals surface area contributed by atoms with Crippen LogP contribution in [0.5, 0.6) is 0 Å². The molecule has 48 heavy (non-hydrogen) atoms. The van der Waals surface area contributed by atoms with Gasteiger partial charge in [-0.2, -0.15) is 0 Å². The van der Waals surface area contributed by atoms with Crippen LogP contribution in [-0.2, 0) is 5.41 Å². The van der Waals surface area contributed by atoms with Gasteiger partial charge in [-0.1, -0.05) is 98.8 Å². The molecule has 0 amide bonds. The van der Waals surface area contributed by atoms with E-state index in [1.807, 2.05) is 18.5 Å². The molecule has 1 aromatic heterocycles. The predicted octanol–water partition coefficient (Wildman–Crippen LogP) is 11.6. The molecule has 3 heteroatoms. The number of nitrogens with zero attached hydrogens (tertiary/aromatic N) is 2. The summed E-state index contributed by atoms with van der Waals surface area (Å²) in [5.74, 6) is 0. The van der Waals surface area contributed by atoms with Crippen LogP contribution in [0.3, 0.4) is 0 Å². The van der Waals surface area contributed by atoms with Gasteiger partial charge in [0.05, 0.1) is 23.1 Å². The van der Waals surface area contributed by atoms with Gasteiger partial charge in [0.15, 0.2) is 0 Å². The smallest absolute Gasteiger partial charge is 0.0731 e. The van der Waals surface area contributed by atoms with Crippen LogP contribution in [0.2, 0.25) is 0 Å². The average Bonchev–Trinajstić information content (AvgIpc) is 3.26. The molecule has 232 valence electrons. The van der Waals surface area contributed by atoms with Crippen molar-refractivity contribution in [3.05, 3.63) is 168 Å². The van der Waals surface area contributed by atoms with E-state index in [2.05, 4.69) is 159 Å². The molecule has 2 aliphatic heterocycles. The molecule has 0 fully saturated rings. The molecule has 0 bridgehead atoms. The molecule has 3 nitrogen and oxygen atoms in total. The Balaban J connectivity index is 1.35. The second kappa shape index (κ2) is 10.7. The van der Waals surface area contributed by atoms with E-state index in [-0.39, 0.29) is 11.5 Å². The quantitative estimate of drug-likeness (QED) is 0.213. The standard InChI is InChI=1S/C45H37N3/c1-28-13-11-23-46-43(28)30-25-31(44-29(2)14-12-24-47-44)27-32(26-30)48-39-19-9-6-16-34(39)35-21-22-36-33-15-5-8-18-38(33)45(3,4)42(36)41(35)37-17-7-10-20-40(37)48/h5-27,43,46H,1-4H3. The number of pyridine rings is 1. The molecule has 5 aromatic carbocycles. The molecule has 6 aromatic rings. The molecule has 3 aliphatic rings. The van der Waals surface area contributed by atoms with Crippen molar-refractivity contribution in [3.63, 3.8) is 0 Å². The molecule has 9 rings (SSSR count). The molecule has 3 heterocycles. The van der Waals surface area contributed by atoms with Crippen LogP contribution in [0.1, 0.15) is 49.1 Å². The summed E-state index contributed by atoms with van der Waals surface area (Å²) < 4.78 is 0. The lowest BCUT2D eigenvalue weighted by molar-refractivity contribution is 0.662. The Morgan fingerprint density at radius 2 is 1.40 bits per heavy atom. The first-order chi connectivity index (χ1) is 23.4. The van der Waals surface area contributed by atoms with Gasteiger partial charge in [0.2, 0.25) is 0 Å². The summed E-state index contributed by atoms with van der Waals surface area (Å²) in [6, 6.07) is 42.8. The van der Waals surface area contributed by atoms with Crippen LogP contribution in [0, 0.1) is 6.92 Å². The van der Waals surface area contributed by atoms with Gasteiger partial charge in [0.25, 0.3) is 0 Å². The monoisotopic (exact) mass is 619 g/mol. The number of benzene rings is 5. The van der Waals surface area contributed by atoms with Crippen LogP contribution in [-0.4, -0.2) is 4.98 Å². The Labute approximate surface area is 282 Å². The zero-order valence-corrected chi connectivity index (χ0v) is 27.8. The first-order valence-corrected chi connectivity index (χ1v) is 16.8. The first-order valence-electron chi connectivity index (χ1n) is 16.8. The Kier molecular flexibility index (Phi) is 6.35. The van der Waals surface area contributed by atoms with Crippen LogP contribution in [0.4, 0.5) is 17.1 Å². The molecule has 1 atom stereocenters. The van der Waals surface area contributed by atoms with Crippen molar-refractivity contribution in [1.29, 1.82) is 0 Å². The third-order valence-electron chi connectivity index (χ3n) is 10.6. The van der Waals surface area contributed by atoms with Crippen molar-refractivity contribution in [1.82, 2.24) is 10.3 Å². The van der Waals surface area contributed by atoms with E-state index >= 15 is 0 Å². The fraction of sp³-hybridized carbons (Fsp3) is 0.133. The lowest BCUT2D eigenvalue weighted by atomic mass is 9.76. The molecule has 1 N–H and O–H groups in total. The Morgan fingerprint density at radius 3 is 2.19 bits per heavy atom. The maximum absolute atomic E-state index is 4.89. The molecule has 1 unspecified atom stereocenters. The lowest BCUT2D eigenvalue weighted by Gasteiger charge is -2.30. The second-order valence-corrected chi connectivity index (χ2v) is 13.8. The van der Waals surface area contributed by atoms with Crippen LogP contribution in [0.15, 0.2) is 145 Å². The second-order valence-electron chi connectivity index (χ2n) is 13.8. The highest BCUT2D eigenvalue weighted by Crippen LogP contribution is 2.59. The maximum atomic E-state index is 4.89. The topological polar surface area (TPSA) is 28.2 Å². The van der Waals surface area contributed by atoms with Crippen LogP contribution in [0.25, 0.3) is 44.6 Å². The minimum absolute atomic E-state index is 0.0648. The third-order valence-corrected chi connectivity index (χ3v) is 10.6. The SMILES string of the molecule is CC1=CC=CNC1c1cc(-c2ncccc2C)cc(N2c3ccccc3-c3ccc4c(c3-c3ccccc32)C(C)(C)c2ccccc2-4)c1. The molecular weight excluding hydrogens is 583 g/mol. The Morgan fingerprint density at radius 1 is 0.688 bits per heavy atom. The molecule has 0 saturated carbocycles. The highest BCUT2D eigenvalue weighted by molar-refractivity contribution is 6.06. The number of aryl methyl sites for hydroxylation is 1. The number of dihydropyridines is 1. The van der Waals surface area contributed by atoms with Crippen molar-refractivity contribution < 1.29 is 0 Å². The van der Waals surface area contributed by atoms with E-state index in [0.717, 1.165) is 22.5 Å². The summed E-state index contributed by atoms with van der Waals surface area (Å²) in [5, 5.41) is 3.63. The summed E-state index contributed by atoms with van der Waals surface area (Å²) in [5.41, 5.74) is 19.6. The number of anilines is 3. The molecule has 0 spiro atoms. The minimum atomic E-state index is -0.151. The number of aromatic nitrogens is 1. The normalized spacial score (nSPS) is 16.5. The number of allylic oxidation sites excluding steroid dienone is 2. The molecule has 1 aliphatic carbocycles. The van der Waals surface area contributed by atoms with Crippen molar-refractivity contribution in [3.8, 4) is 44.6 Å². The molecule has 0 radical (unpaired) electrons. The van der Waals surface area contributed by atoms with E-state index in [9.17, 15) is 0 Å². The number of para-hydroxylation sites is 2. The largest absolute Gasteiger partial charge is 0.380 e. The van der Waals surface area contributed by atoms with E-state index in [1.165, 1.54) is 67.0 Å². The fourth-order valence-corrected chi connectivity index (χ4v) is 8.36. The number of hydrogen-bond donors (Lipinski definition) is 1. The number of nitrogens with one attached hydrogen (secondary N) is 1. The summed E-state index contributed by atoms with van der Waals surface area (Å²) in [4.78, 5) is 7.37. The molecule has 0 saturated heterocycles. The minimum Gasteiger partial charge on any atom is -0.380 e. The first kappa shape index (κ1) is 28.5. The highest BCUT2D eigenvalue weighted by Gasteiger charge is 2.40. The molecular formula is C45H37N3.